The Morgan fingerprint density at radius 2 is 2.41 bits per heavy atom. The van der Waals surface area contributed by atoms with Gasteiger partial charge in [0.1, 0.15) is 6.07 Å². The van der Waals surface area contributed by atoms with E-state index in [0.29, 0.717) is 17.9 Å². The molecule has 0 atom stereocenters. The Labute approximate surface area is 104 Å². The summed E-state index contributed by atoms with van der Waals surface area (Å²) in [6.07, 6.45) is 2.54. The average Bonchev–Trinajstić information content (AvgIpc) is 2.90. The number of ether oxygens (including phenoxy) is 1. The zero-order valence-electron chi connectivity index (χ0n) is 9.51. The SMILES string of the molecule is CCCOc1cnc(-c2cccs2)cc1C#N. The van der Waals surface area contributed by atoms with E-state index in [1.54, 1.807) is 23.6 Å². The van der Waals surface area contributed by atoms with Crippen molar-refractivity contribution < 1.29 is 4.74 Å². The van der Waals surface area contributed by atoms with Crippen LogP contribution >= 0.6 is 11.3 Å². The summed E-state index contributed by atoms with van der Waals surface area (Å²) in [5, 5.41) is 11.1. The molecule has 0 aliphatic heterocycles. The lowest BCUT2D eigenvalue weighted by Gasteiger charge is -2.06. The van der Waals surface area contributed by atoms with Crippen LogP contribution in [0.3, 0.4) is 0 Å². The minimum Gasteiger partial charge on any atom is -0.491 e. The maximum absolute atomic E-state index is 9.09. The summed E-state index contributed by atoms with van der Waals surface area (Å²) < 4.78 is 5.47. The lowest BCUT2D eigenvalue weighted by Crippen LogP contribution is -1.98. The topological polar surface area (TPSA) is 45.9 Å². The third-order valence-corrected chi connectivity index (χ3v) is 3.12. The smallest absolute Gasteiger partial charge is 0.155 e. The Hall–Kier alpha value is -1.86. The molecule has 0 saturated carbocycles. The Kier molecular flexibility index (Phi) is 3.73. The van der Waals surface area contributed by atoms with Crippen LogP contribution in [0.2, 0.25) is 0 Å². The van der Waals surface area contributed by atoms with Crippen molar-refractivity contribution in [2.24, 2.45) is 0 Å². The van der Waals surface area contributed by atoms with E-state index in [9.17, 15) is 0 Å². The zero-order chi connectivity index (χ0) is 12.1. The summed E-state index contributed by atoms with van der Waals surface area (Å²) in [5.41, 5.74) is 1.36. The molecule has 0 radical (unpaired) electrons. The van der Waals surface area contributed by atoms with Crippen molar-refractivity contribution in [1.82, 2.24) is 4.98 Å². The van der Waals surface area contributed by atoms with Crippen LogP contribution < -0.4 is 4.74 Å². The van der Waals surface area contributed by atoms with Gasteiger partial charge in [-0.15, -0.1) is 11.3 Å². The second-order valence-corrected chi connectivity index (χ2v) is 4.45. The van der Waals surface area contributed by atoms with Gasteiger partial charge in [0.05, 0.1) is 28.9 Å². The molecule has 0 aromatic carbocycles. The van der Waals surface area contributed by atoms with Gasteiger partial charge >= 0.3 is 0 Å². The van der Waals surface area contributed by atoms with Crippen molar-refractivity contribution in [2.75, 3.05) is 6.61 Å². The monoisotopic (exact) mass is 244 g/mol. The molecule has 0 aliphatic rings. The molecular formula is C13H12N2OS. The first-order chi connectivity index (χ1) is 8.35. The van der Waals surface area contributed by atoms with E-state index in [0.717, 1.165) is 17.0 Å². The quantitative estimate of drug-likeness (QED) is 0.827. The van der Waals surface area contributed by atoms with Crippen LogP contribution in [0.1, 0.15) is 18.9 Å². The fraction of sp³-hybridized carbons (Fsp3) is 0.231. The fourth-order valence-corrected chi connectivity index (χ4v) is 2.11. The van der Waals surface area contributed by atoms with Crippen LogP contribution in [0.25, 0.3) is 10.6 Å². The molecule has 0 unspecified atom stereocenters. The normalized spacial score (nSPS) is 9.88. The van der Waals surface area contributed by atoms with Crippen molar-refractivity contribution in [2.45, 2.75) is 13.3 Å². The third kappa shape index (κ3) is 2.63. The summed E-state index contributed by atoms with van der Waals surface area (Å²) in [4.78, 5) is 5.38. The Morgan fingerprint density at radius 3 is 3.06 bits per heavy atom. The molecule has 2 heterocycles. The maximum Gasteiger partial charge on any atom is 0.155 e. The number of thiophene rings is 1. The molecule has 2 aromatic heterocycles. The molecule has 2 aromatic rings. The first-order valence-corrected chi connectivity index (χ1v) is 6.30. The van der Waals surface area contributed by atoms with Crippen molar-refractivity contribution >= 4 is 11.3 Å². The van der Waals surface area contributed by atoms with Crippen molar-refractivity contribution in [1.29, 1.82) is 5.26 Å². The van der Waals surface area contributed by atoms with Crippen molar-refractivity contribution in [3.8, 4) is 22.4 Å². The molecule has 86 valence electrons. The molecule has 0 amide bonds. The highest BCUT2D eigenvalue weighted by Gasteiger charge is 2.07. The van der Waals surface area contributed by atoms with Crippen molar-refractivity contribution in [3.63, 3.8) is 0 Å². The van der Waals surface area contributed by atoms with Gasteiger partial charge in [-0.1, -0.05) is 13.0 Å². The molecule has 0 bridgehead atoms. The molecule has 2 rings (SSSR count). The van der Waals surface area contributed by atoms with Gasteiger partial charge in [0.2, 0.25) is 0 Å². The maximum atomic E-state index is 9.09. The summed E-state index contributed by atoms with van der Waals surface area (Å²) in [5.74, 6) is 0.564. The van der Waals surface area contributed by atoms with Gasteiger partial charge in [-0.25, -0.2) is 0 Å². The van der Waals surface area contributed by atoms with Gasteiger partial charge in [0.15, 0.2) is 5.75 Å². The van der Waals surface area contributed by atoms with E-state index in [4.69, 9.17) is 10.00 Å². The third-order valence-electron chi connectivity index (χ3n) is 2.22. The van der Waals surface area contributed by atoms with Gasteiger partial charge < -0.3 is 4.74 Å². The van der Waals surface area contributed by atoms with E-state index < -0.39 is 0 Å². The Morgan fingerprint density at radius 1 is 1.53 bits per heavy atom. The molecule has 0 saturated heterocycles. The average molecular weight is 244 g/mol. The van der Waals surface area contributed by atoms with Crippen LogP contribution in [0.15, 0.2) is 29.8 Å². The number of hydrogen-bond acceptors (Lipinski definition) is 4. The summed E-state index contributed by atoms with van der Waals surface area (Å²) in [6, 6.07) is 7.88. The number of nitriles is 1. The van der Waals surface area contributed by atoms with Crippen LogP contribution in [0, 0.1) is 11.3 Å². The van der Waals surface area contributed by atoms with Gasteiger partial charge in [-0.2, -0.15) is 5.26 Å². The number of aromatic nitrogens is 1. The molecule has 17 heavy (non-hydrogen) atoms. The second kappa shape index (κ2) is 5.46. The number of nitrogens with zero attached hydrogens (tertiary/aromatic N) is 2. The number of rotatable bonds is 4. The van der Waals surface area contributed by atoms with Gasteiger partial charge in [0, 0.05) is 0 Å². The summed E-state index contributed by atoms with van der Waals surface area (Å²) in [7, 11) is 0. The second-order valence-electron chi connectivity index (χ2n) is 3.50. The van der Waals surface area contributed by atoms with E-state index in [2.05, 4.69) is 11.1 Å². The van der Waals surface area contributed by atoms with Crippen LogP contribution in [0.5, 0.6) is 5.75 Å². The first-order valence-electron chi connectivity index (χ1n) is 5.42. The predicted octanol–water partition coefficient (Wildman–Crippen LogP) is 3.47. The van der Waals surface area contributed by atoms with Crippen LogP contribution in [-0.2, 0) is 0 Å². The van der Waals surface area contributed by atoms with Crippen molar-refractivity contribution in [3.05, 3.63) is 35.3 Å². The van der Waals surface area contributed by atoms with E-state index in [1.165, 1.54) is 0 Å². The van der Waals surface area contributed by atoms with Crippen LogP contribution in [-0.4, -0.2) is 11.6 Å². The van der Waals surface area contributed by atoms with Gasteiger partial charge in [0.25, 0.3) is 0 Å². The molecule has 0 aliphatic carbocycles. The van der Waals surface area contributed by atoms with E-state index in [-0.39, 0.29) is 0 Å². The van der Waals surface area contributed by atoms with Gasteiger partial charge in [-0.3, -0.25) is 4.98 Å². The molecule has 0 N–H and O–H groups in total. The standard InChI is InChI=1S/C13H12N2OS/c1-2-5-16-12-9-15-11(7-10(12)8-14)13-4-3-6-17-13/h3-4,6-7,9H,2,5H2,1H3. The fourth-order valence-electron chi connectivity index (χ4n) is 1.42. The molecule has 3 nitrogen and oxygen atoms in total. The Bertz CT molecular complexity index is 529. The highest BCUT2D eigenvalue weighted by molar-refractivity contribution is 7.13. The number of hydrogen-bond donors (Lipinski definition) is 0. The molecule has 0 fully saturated rings. The lowest BCUT2D eigenvalue weighted by molar-refractivity contribution is 0.315. The minimum absolute atomic E-state index is 0.539. The zero-order valence-corrected chi connectivity index (χ0v) is 10.3. The minimum atomic E-state index is 0.539. The Balaban J connectivity index is 2.32. The molecular weight excluding hydrogens is 232 g/mol. The molecule has 4 heteroatoms. The van der Waals surface area contributed by atoms with Crippen LogP contribution in [0.4, 0.5) is 0 Å². The predicted molar refractivity (Wildman–Crippen MR) is 68.1 cm³/mol. The largest absolute Gasteiger partial charge is 0.491 e. The summed E-state index contributed by atoms with van der Waals surface area (Å²) in [6.45, 7) is 2.63. The highest BCUT2D eigenvalue weighted by atomic mass is 32.1. The van der Waals surface area contributed by atoms with E-state index in [1.807, 2.05) is 24.4 Å². The number of pyridine rings is 1. The lowest BCUT2D eigenvalue weighted by atomic mass is 10.2. The summed E-state index contributed by atoms with van der Waals surface area (Å²) >= 11 is 1.61. The first kappa shape index (κ1) is 11.6. The molecule has 0 spiro atoms. The van der Waals surface area contributed by atoms with Gasteiger partial charge in [-0.05, 0) is 23.9 Å². The van der Waals surface area contributed by atoms with E-state index >= 15 is 0 Å². The highest BCUT2D eigenvalue weighted by Crippen LogP contribution is 2.26.